The Hall–Kier alpha value is -2.91. The number of nitrogens with one attached hydrogen (secondary N) is 1. The van der Waals surface area contributed by atoms with Gasteiger partial charge in [0.15, 0.2) is 0 Å². The summed E-state index contributed by atoms with van der Waals surface area (Å²) in [5.74, 6) is 0. The molecule has 3 aromatic carbocycles. The molecule has 0 bridgehead atoms. The number of hydrogen-bond acceptors (Lipinski definition) is 3. The molecule has 136 valence electrons. The Labute approximate surface area is 160 Å². The maximum Gasteiger partial charge on any atom is 0.0730 e. The predicted octanol–water partition coefficient (Wildman–Crippen LogP) is 5.59. The summed E-state index contributed by atoms with van der Waals surface area (Å²) in [5.41, 5.74) is 10.1. The van der Waals surface area contributed by atoms with E-state index in [2.05, 4.69) is 72.9 Å². The molecule has 0 aliphatic heterocycles. The van der Waals surface area contributed by atoms with E-state index in [9.17, 15) is 0 Å². The van der Waals surface area contributed by atoms with Crippen molar-refractivity contribution in [2.24, 2.45) is 5.73 Å². The number of aromatic nitrogens is 1. The minimum Gasteiger partial charge on any atom is -0.380 e. The summed E-state index contributed by atoms with van der Waals surface area (Å²) < 4.78 is 0. The first kappa shape index (κ1) is 17.5. The zero-order valence-corrected chi connectivity index (χ0v) is 16.0. The highest BCUT2D eigenvalue weighted by Crippen LogP contribution is 2.31. The van der Waals surface area contributed by atoms with Gasteiger partial charge in [0.05, 0.1) is 11.2 Å². The van der Waals surface area contributed by atoms with Gasteiger partial charge in [-0.3, -0.25) is 0 Å². The minimum absolute atomic E-state index is 0.118. The summed E-state index contributed by atoms with van der Waals surface area (Å²) in [6.07, 6.45) is 0. The third-order valence-corrected chi connectivity index (χ3v) is 5.25. The Balaban J connectivity index is 1.85. The van der Waals surface area contributed by atoms with Crippen molar-refractivity contribution in [1.29, 1.82) is 0 Å². The molecule has 1 unspecified atom stereocenters. The smallest absolute Gasteiger partial charge is 0.0730 e. The number of nitrogens with two attached hydrogens (primary N) is 1. The summed E-state index contributed by atoms with van der Waals surface area (Å²) in [5, 5.41) is 7.17. The van der Waals surface area contributed by atoms with Crippen LogP contribution in [0.5, 0.6) is 0 Å². The number of benzene rings is 3. The Kier molecular flexibility index (Phi) is 4.33. The number of hydrogen-bond donors (Lipinski definition) is 2. The molecule has 3 heteroatoms. The van der Waals surface area contributed by atoms with Crippen LogP contribution in [0.15, 0.2) is 72.8 Å². The molecule has 0 saturated heterocycles. The molecule has 0 fully saturated rings. The van der Waals surface area contributed by atoms with Crippen LogP contribution in [0.2, 0.25) is 0 Å². The lowest BCUT2D eigenvalue weighted by atomic mass is 9.96. The van der Waals surface area contributed by atoms with Gasteiger partial charge in [-0.1, -0.05) is 54.6 Å². The number of pyridine rings is 1. The van der Waals surface area contributed by atoms with Crippen molar-refractivity contribution in [1.82, 2.24) is 4.98 Å². The van der Waals surface area contributed by atoms with Crippen LogP contribution in [0.3, 0.4) is 0 Å². The Bertz CT molecular complexity index is 1110. The second-order valence-electron chi connectivity index (χ2n) is 7.82. The van der Waals surface area contributed by atoms with Crippen LogP contribution < -0.4 is 11.1 Å². The first-order valence-electron chi connectivity index (χ1n) is 9.36. The second kappa shape index (κ2) is 6.67. The molecule has 27 heavy (non-hydrogen) atoms. The monoisotopic (exact) mass is 355 g/mol. The quantitative estimate of drug-likeness (QED) is 0.501. The molecule has 1 aromatic heterocycles. The van der Waals surface area contributed by atoms with Crippen molar-refractivity contribution in [2.45, 2.75) is 32.4 Å². The second-order valence-corrected chi connectivity index (χ2v) is 7.82. The maximum atomic E-state index is 6.30. The molecule has 4 aromatic rings. The number of anilines is 1. The molecule has 0 aliphatic carbocycles. The largest absolute Gasteiger partial charge is 0.380 e. The number of para-hydroxylation sites is 1. The zero-order chi connectivity index (χ0) is 19.0. The van der Waals surface area contributed by atoms with Crippen molar-refractivity contribution < 1.29 is 0 Å². The highest BCUT2D eigenvalue weighted by Gasteiger charge is 2.21. The number of nitrogens with zero attached hydrogens (tertiary/aromatic N) is 1. The van der Waals surface area contributed by atoms with Gasteiger partial charge in [-0.15, -0.1) is 0 Å². The van der Waals surface area contributed by atoms with Gasteiger partial charge in [-0.2, -0.15) is 0 Å². The highest BCUT2D eigenvalue weighted by atomic mass is 15.0. The van der Waals surface area contributed by atoms with E-state index in [-0.39, 0.29) is 11.6 Å². The molecule has 0 aliphatic rings. The molecule has 0 spiro atoms. The first-order chi connectivity index (χ1) is 12.9. The average molecular weight is 355 g/mol. The van der Waals surface area contributed by atoms with E-state index in [1.807, 2.05) is 26.0 Å². The van der Waals surface area contributed by atoms with E-state index in [0.29, 0.717) is 0 Å². The topological polar surface area (TPSA) is 50.9 Å². The van der Waals surface area contributed by atoms with Gasteiger partial charge in [0, 0.05) is 28.2 Å². The van der Waals surface area contributed by atoms with Gasteiger partial charge in [0.2, 0.25) is 0 Å². The third kappa shape index (κ3) is 3.51. The van der Waals surface area contributed by atoms with Crippen LogP contribution >= 0.6 is 0 Å². The highest BCUT2D eigenvalue weighted by molar-refractivity contribution is 5.95. The first-order valence-corrected chi connectivity index (χ1v) is 9.36. The van der Waals surface area contributed by atoms with Crippen molar-refractivity contribution >= 4 is 27.4 Å². The van der Waals surface area contributed by atoms with Crippen molar-refractivity contribution in [2.75, 3.05) is 5.32 Å². The van der Waals surface area contributed by atoms with E-state index in [1.165, 1.54) is 10.8 Å². The fourth-order valence-corrected chi connectivity index (χ4v) is 3.21. The van der Waals surface area contributed by atoms with Crippen molar-refractivity contribution in [3.63, 3.8) is 0 Å². The molecule has 0 radical (unpaired) electrons. The molecule has 3 nitrogen and oxygen atoms in total. The van der Waals surface area contributed by atoms with E-state index < -0.39 is 0 Å². The van der Waals surface area contributed by atoms with E-state index in [0.717, 1.165) is 27.8 Å². The molecule has 0 amide bonds. The standard InChI is InChI=1S/C24H25N3/c1-16(24(2,3)25)26-23-15-22(27-21-11-7-6-10-20(21)23)19-13-12-17-8-4-5-9-18(17)14-19/h4-16H,25H2,1-3H3,(H,26,27). The summed E-state index contributed by atoms with van der Waals surface area (Å²) in [4.78, 5) is 4.91. The fraction of sp³-hybridized carbons (Fsp3) is 0.208. The summed E-state index contributed by atoms with van der Waals surface area (Å²) in [7, 11) is 0. The van der Waals surface area contributed by atoms with Gasteiger partial charge < -0.3 is 11.1 Å². The maximum absolute atomic E-state index is 6.30. The Morgan fingerprint density at radius 3 is 2.37 bits per heavy atom. The number of rotatable bonds is 4. The summed E-state index contributed by atoms with van der Waals surface area (Å²) in [6.45, 7) is 6.20. The van der Waals surface area contributed by atoms with Gasteiger partial charge in [0.1, 0.15) is 0 Å². The molecular weight excluding hydrogens is 330 g/mol. The third-order valence-electron chi connectivity index (χ3n) is 5.25. The average Bonchev–Trinajstić information content (AvgIpc) is 2.66. The summed E-state index contributed by atoms with van der Waals surface area (Å²) >= 11 is 0. The van der Waals surface area contributed by atoms with Crippen LogP contribution in [-0.4, -0.2) is 16.6 Å². The van der Waals surface area contributed by atoms with Crippen LogP contribution in [0.1, 0.15) is 20.8 Å². The van der Waals surface area contributed by atoms with Crippen LogP contribution in [0.25, 0.3) is 32.9 Å². The van der Waals surface area contributed by atoms with E-state index in [4.69, 9.17) is 10.7 Å². The van der Waals surface area contributed by atoms with Crippen LogP contribution in [0, 0.1) is 0 Å². The van der Waals surface area contributed by atoms with Gasteiger partial charge in [-0.25, -0.2) is 4.98 Å². The fourth-order valence-electron chi connectivity index (χ4n) is 3.21. The lowest BCUT2D eigenvalue weighted by Gasteiger charge is -2.29. The normalized spacial score (nSPS) is 13.0. The van der Waals surface area contributed by atoms with Gasteiger partial charge in [0.25, 0.3) is 0 Å². The van der Waals surface area contributed by atoms with Crippen molar-refractivity contribution in [3.05, 3.63) is 72.8 Å². The molecular formula is C24H25N3. The SMILES string of the molecule is CC(Nc1cc(-c2ccc3ccccc3c2)nc2ccccc12)C(C)(C)N. The lowest BCUT2D eigenvalue weighted by Crippen LogP contribution is -2.47. The van der Waals surface area contributed by atoms with Gasteiger partial charge >= 0.3 is 0 Å². The van der Waals surface area contributed by atoms with E-state index >= 15 is 0 Å². The zero-order valence-electron chi connectivity index (χ0n) is 16.0. The molecule has 1 atom stereocenters. The van der Waals surface area contributed by atoms with Crippen LogP contribution in [0.4, 0.5) is 5.69 Å². The molecule has 1 heterocycles. The van der Waals surface area contributed by atoms with Gasteiger partial charge in [-0.05, 0) is 49.7 Å². The molecule has 0 saturated carbocycles. The Morgan fingerprint density at radius 1 is 0.889 bits per heavy atom. The van der Waals surface area contributed by atoms with Crippen LogP contribution in [-0.2, 0) is 0 Å². The lowest BCUT2D eigenvalue weighted by molar-refractivity contribution is 0.456. The Morgan fingerprint density at radius 2 is 1.59 bits per heavy atom. The molecule has 4 rings (SSSR count). The van der Waals surface area contributed by atoms with Crippen molar-refractivity contribution in [3.8, 4) is 11.3 Å². The van der Waals surface area contributed by atoms with E-state index in [1.54, 1.807) is 0 Å². The number of fused-ring (bicyclic) bond motifs is 2. The molecule has 3 N–H and O–H groups in total. The minimum atomic E-state index is -0.326. The summed E-state index contributed by atoms with van der Waals surface area (Å²) in [6, 6.07) is 25.4. The predicted molar refractivity (Wildman–Crippen MR) is 116 cm³/mol.